The van der Waals surface area contributed by atoms with Gasteiger partial charge in [0.15, 0.2) is 0 Å². The van der Waals surface area contributed by atoms with Gasteiger partial charge in [0.1, 0.15) is 5.65 Å². The van der Waals surface area contributed by atoms with E-state index >= 15 is 0 Å². The molecule has 0 radical (unpaired) electrons. The van der Waals surface area contributed by atoms with E-state index in [2.05, 4.69) is 49.2 Å². The fourth-order valence-corrected chi connectivity index (χ4v) is 1.73. The molecule has 0 spiro atoms. The zero-order valence-corrected chi connectivity index (χ0v) is 9.20. The van der Waals surface area contributed by atoms with Crippen LogP contribution in [-0.4, -0.2) is 9.38 Å². The van der Waals surface area contributed by atoms with Crippen molar-refractivity contribution in [2.45, 2.75) is 33.1 Å². The molecule has 2 heteroatoms. The molecule has 0 aromatic carbocycles. The summed E-state index contributed by atoms with van der Waals surface area (Å²) in [7, 11) is 0. The van der Waals surface area contributed by atoms with Gasteiger partial charge in [0, 0.05) is 23.5 Å². The number of rotatable bonds is 0. The third kappa shape index (κ3) is 1.41. The van der Waals surface area contributed by atoms with Crippen LogP contribution in [0.2, 0.25) is 0 Å². The van der Waals surface area contributed by atoms with E-state index in [4.69, 9.17) is 0 Å². The lowest BCUT2D eigenvalue weighted by atomic mass is 9.90. The Kier molecular flexibility index (Phi) is 1.88. The van der Waals surface area contributed by atoms with Gasteiger partial charge in [0.2, 0.25) is 0 Å². The van der Waals surface area contributed by atoms with Crippen LogP contribution < -0.4 is 0 Å². The normalized spacial score (nSPS) is 12.3. The Hall–Kier alpha value is -1.31. The molecule has 2 aromatic rings. The van der Waals surface area contributed by atoms with Gasteiger partial charge in [0.05, 0.1) is 0 Å². The zero-order chi connectivity index (χ0) is 10.3. The Morgan fingerprint density at radius 2 is 1.93 bits per heavy atom. The summed E-state index contributed by atoms with van der Waals surface area (Å²) in [5, 5.41) is 0. The Morgan fingerprint density at radius 1 is 1.21 bits per heavy atom. The van der Waals surface area contributed by atoms with Crippen molar-refractivity contribution < 1.29 is 0 Å². The lowest BCUT2D eigenvalue weighted by Crippen LogP contribution is -2.16. The summed E-state index contributed by atoms with van der Waals surface area (Å²) in [6, 6.07) is 4.34. The van der Waals surface area contributed by atoms with E-state index in [1.165, 1.54) is 11.3 Å². The van der Waals surface area contributed by atoms with Crippen molar-refractivity contribution in [2.75, 3.05) is 0 Å². The fourth-order valence-electron chi connectivity index (χ4n) is 1.73. The van der Waals surface area contributed by atoms with Gasteiger partial charge >= 0.3 is 0 Å². The number of pyridine rings is 1. The molecule has 2 rings (SSSR count). The summed E-state index contributed by atoms with van der Waals surface area (Å²) in [5.74, 6) is 0. The van der Waals surface area contributed by atoms with Gasteiger partial charge in [-0.2, -0.15) is 0 Å². The minimum Gasteiger partial charge on any atom is -0.304 e. The lowest BCUT2D eigenvalue weighted by Gasteiger charge is -2.21. The van der Waals surface area contributed by atoms with Crippen LogP contribution in [0.3, 0.4) is 0 Å². The maximum atomic E-state index is 4.32. The highest BCUT2D eigenvalue weighted by Crippen LogP contribution is 2.24. The summed E-state index contributed by atoms with van der Waals surface area (Å²) in [6.07, 6.45) is 3.87. The van der Waals surface area contributed by atoms with Crippen LogP contribution in [0.4, 0.5) is 0 Å². The molecule has 2 nitrogen and oxygen atoms in total. The Bertz CT molecular complexity index is 461. The molecule has 0 saturated heterocycles. The van der Waals surface area contributed by atoms with Crippen LogP contribution in [-0.2, 0) is 5.41 Å². The highest BCUT2D eigenvalue weighted by atomic mass is 15.0. The highest BCUT2D eigenvalue weighted by molar-refractivity contribution is 5.44. The molecule has 0 aliphatic carbocycles. The minimum absolute atomic E-state index is 0.158. The largest absolute Gasteiger partial charge is 0.304 e. The molecule has 0 aliphatic rings. The maximum Gasteiger partial charge on any atom is 0.137 e. The molecule has 0 saturated carbocycles. The predicted molar refractivity (Wildman–Crippen MR) is 58.6 cm³/mol. The predicted octanol–water partition coefficient (Wildman–Crippen LogP) is 2.94. The van der Waals surface area contributed by atoms with Gasteiger partial charge in [-0.15, -0.1) is 0 Å². The van der Waals surface area contributed by atoms with E-state index in [0.717, 1.165) is 5.65 Å². The van der Waals surface area contributed by atoms with Crippen LogP contribution in [0.15, 0.2) is 24.5 Å². The van der Waals surface area contributed by atoms with Crippen LogP contribution in [0, 0.1) is 6.92 Å². The van der Waals surface area contributed by atoms with Gasteiger partial charge in [-0.3, -0.25) is 0 Å². The Balaban J connectivity index is 2.80. The molecule has 0 atom stereocenters. The first kappa shape index (κ1) is 9.25. The van der Waals surface area contributed by atoms with Gasteiger partial charge in [0.25, 0.3) is 0 Å². The number of imidazole rings is 1. The molecular weight excluding hydrogens is 172 g/mol. The van der Waals surface area contributed by atoms with Crippen molar-refractivity contribution in [1.82, 2.24) is 9.38 Å². The molecule has 0 N–H and O–H groups in total. The quantitative estimate of drug-likeness (QED) is 0.621. The van der Waals surface area contributed by atoms with Crippen molar-refractivity contribution >= 4 is 5.65 Å². The Morgan fingerprint density at radius 3 is 2.57 bits per heavy atom. The standard InChI is InChI=1S/C12H16N2/c1-9-7-10(12(2,3)4)14-6-5-13-11(14)8-9/h5-8H,1-4H3. The van der Waals surface area contributed by atoms with Crippen molar-refractivity contribution in [1.29, 1.82) is 0 Å². The van der Waals surface area contributed by atoms with Gasteiger partial charge in [-0.25, -0.2) is 4.98 Å². The molecule has 0 unspecified atom stereocenters. The second-order valence-electron chi connectivity index (χ2n) is 4.82. The molecule has 0 bridgehead atoms. The number of nitrogens with zero attached hydrogens (tertiary/aromatic N) is 2. The van der Waals surface area contributed by atoms with Gasteiger partial charge in [-0.05, 0) is 24.6 Å². The molecule has 2 aromatic heterocycles. The number of hydrogen-bond donors (Lipinski definition) is 0. The number of hydrogen-bond acceptors (Lipinski definition) is 1. The van der Waals surface area contributed by atoms with Crippen molar-refractivity contribution in [3.63, 3.8) is 0 Å². The fraction of sp³-hybridized carbons (Fsp3) is 0.417. The van der Waals surface area contributed by atoms with Crippen LogP contribution >= 0.6 is 0 Å². The number of aryl methyl sites for hydroxylation is 1. The lowest BCUT2D eigenvalue weighted by molar-refractivity contribution is 0.560. The van der Waals surface area contributed by atoms with Crippen molar-refractivity contribution in [2.24, 2.45) is 0 Å². The summed E-state index contributed by atoms with van der Waals surface area (Å²) in [4.78, 5) is 4.32. The van der Waals surface area contributed by atoms with Crippen LogP contribution in [0.5, 0.6) is 0 Å². The minimum atomic E-state index is 0.158. The van der Waals surface area contributed by atoms with E-state index in [0.29, 0.717) is 0 Å². The monoisotopic (exact) mass is 188 g/mol. The van der Waals surface area contributed by atoms with Crippen LogP contribution in [0.1, 0.15) is 32.0 Å². The first-order valence-electron chi connectivity index (χ1n) is 4.93. The maximum absolute atomic E-state index is 4.32. The second kappa shape index (κ2) is 2.84. The summed E-state index contributed by atoms with van der Waals surface area (Å²) >= 11 is 0. The second-order valence-corrected chi connectivity index (χ2v) is 4.82. The van der Waals surface area contributed by atoms with Gasteiger partial charge in [-0.1, -0.05) is 20.8 Å². The molecule has 0 fully saturated rings. The average Bonchev–Trinajstić information content (AvgIpc) is 2.47. The number of fused-ring (bicyclic) bond motifs is 1. The molecule has 14 heavy (non-hydrogen) atoms. The molecular formula is C12H16N2. The first-order chi connectivity index (χ1) is 6.48. The summed E-state index contributed by atoms with van der Waals surface area (Å²) < 4.78 is 2.16. The zero-order valence-electron chi connectivity index (χ0n) is 9.20. The number of aromatic nitrogens is 2. The van der Waals surface area contributed by atoms with E-state index in [-0.39, 0.29) is 5.41 Å². The van der Waals surface area contributed by atoms with E-state index in [1.807, 2.05) is 12.4 Å². The summed E-state index contributed by atoms with van der Waals surface area (Å²) in [5.41, 5.74) is 3.78. The first-order valence-corrected chi connectivity index (χ1v) is 4.93. The third-order valence-corrected chi connectivity index (χ3v) is 2.42. The SMILES string of the molecule is Cc1cc(C(C)(C)C)n2ccnc2c1. The molecule has 74 valence electrons. The van der Waals surface area contributed by atoms with Crippen LogP contribution in [0.25, 0.3) is 5.65 Å². The van der Waals surface area contributed by atoms with Crippen molar-refractivity contribution in [3.8, 4) is 0 Å². The van der Waals surface area contributed by atoms with Crippen molar-refractivity contribution in [3.05, 3.63) is 35.8 Å². The highest BCUT2D eigenvalue weighted by Gasteiger charge is 2.17. The molecule has 0 amide bonds. The van der Waals surface area contributed by atoms with E-state index < -0.39 is 0 Å². The van der Waals surface area contributed by atoms with Gasteiger partial charge < -0.3 is 4.40 Å². The average molecular weight is 188 g/mol. The summed E-state index contributed by atoms with van der Waals surface area (Å²) in [6.45, 7) is 8.79. The molecule has 0 aliphatic heterocycles. The third-order valence-electron chi connectivity index (χ3n) is 2.42. The topological polar surface area (TPSA) is 17.3 Å². The Labute approximate surface area is 84.6 Å². The smallest absolute Gasteiger partial charge is 0.137 e. The molecule has 2 heterocycles. The van der Waals surface area contributed by atoms with E-state index in [9.17, 15) is 0 Å². The van der Waals surface area contributed by atoms with E-state index in [1.54, 1.807) is 0 Å².